The van der Waals surface area contributed by atoms with Gasteiger partial charge in [0.2, 0.25) is 0 Å². The monoisotopic (exact) mass is 398 g/mol. The maximum atomic E-state index is 12.0. The van der Waals surface area contributed by atoms with E-state index in [1.54, 1.807) is 4.40 Å². The van der Waals surface area contributed by atoms with Crippen molar-refractivity contribution in [2.75, 3.05) is 0 Å². The summed E-state index contributed by atoms with van der Waals surface area (Å²) in [6, 6.07) is 9.29. The first kappa shape index (κ1) is 13.6. The van der Waals surface area contributed by atoms with Crippen LogP contribution in [0.4, 0.5) is 0 Å². The van der Waals surface area contributed by atoms with Crippen molar-refractivity contribution in [3.63, 3.8) is 0 Å². The Labute approximate surface area is 133 Å². The lowest BCUT2D eigenvalue weighted by Crippen LogP contribution is -2.16. The second-order valence-electron chi connectivity index (χ2n) is 4.30. The fourth-order valence-corrected chi connectivity index (χ4v) is 3.32. The van der Waals surface area contributed by atoms with Crippen molar-refractivity contribution >= 4 is 38.9 Å². The van der Waals surface area contributed by atoms with Crippen molar-refractivity contribution in [1.29, 1.82) is 0 Å². The number of para-hydroxylation sites is 1. The van der Waals surface area contributed by atoms with Crippen LogP contribution in [0.2, 0.25) is 0 Å². The molecule has 3 rings (SSSR count). The third-order valence-electron chi connectivity index (χ3n) is 2.84. The molecule has 0 aliphatic carbocycles. The number of aryl methyl sites for hydroxylation is 1. The molecule has 20 heavy (non-hydrogen) atoms. The van der Waals surface area contributed by atoms with Gasteiger partial charge in [0, 0.05) is 17.1 Å². The zero-order chi connectivity index (χ0) is 14.1. The minimum absolute atomic E-state index is 0.0601. The Hall–Kier alpha value is -1.41. The molecule has 0 aliphatic heterocycles. The summed E-state index contributed by atoms with van der Waals surface area (Å²) in [6.07, 6.45) is 0. The summed E-state index contributed by atoms with van der Waals surface area (Å²) in [4.78, 5) is 17.2. The molecule has 2 heterocycles. The van der Waals surface area contributed by atoms with Crippen molar-refractivity contribution in [1.82, 2.24) is 9.38 Å². The molecule has 102 valence electrons. The van der Waals surface area contributed by atoms with Gasteiger partial charge in [-0.05, 0) is 41.6 Å². The van der Waals surface area contributed by atoms with Crippen LogP contribution < -0.4 is 10.3 Å². The summed E-state index contributed by atoms with van der Waals surface area (Å²) in [5.74, 6) is 0.803. The molecule has 0 spiro atoms. The van der Waals surface area contributed by atoms with E-state index in [0.29, 0.717) is 17.3 Å². The van der Waals surface area contributed by atoms with E-state index in [4.69, 9.17) is 4.74 Å². The van der Waals surface area contributed by atoms with Gasteiger partial charge in [-0.3, -0.25) is 9.20 Å². The van der Waals surface area contributed by atoms with Gasteiger partial charge in [-0.1, -0.05) is 12.1 Å². The zero-order valence-electron chi connectivity index (χ0n) is 10.7. The minimum atomic E-state index is -0.0601. The van der Waals surface area contributed by atoms with Crippen LogP contribution in [0, 0.1) is 10.5 Å². The lowest BCUT2D eigenvalue weighted by atomic mass is 10.3. The maximum absolute atomic E-state index is 12.0. The van der Waals surface area contributed by atoms with Crippen LogP contribution in [-0.2, 0) is 6.61 Å². The fraction of sp³-hybridized carbons (Fsp3) is 0.143. The molecule has 6 heteroatoms. The first-order valence-corrected chi connectivity index (χ1v) is 7.95. The van der Waals surface area contributed by atoms with E-state index >= 15 is 0 Å². The van der Waals surface area contributed by atoms with E-state index in [0.717, 1.165) is 15.0 Å². The Kier molecular flexibility index (Phi) is 3.75. The second-order valence-corrected chi connectivity index (χ2v) is 6.30. The van der Waals surface area contributed by atoms with Gasteiger partial charge in [-0.25, -0.2) is 4.98 Å². The van der Waals surface area contributed by atoms with Crippen LogP contribution in [0.1, 0.15) is 11.4 Å². The summed E-state index contributed by atoms with van der Waals surface area (Å²) in [6.45, 7) is 2.19. The van der Waals surface area contributed by atoms with E-state index in [1.165, 1.54) is 17.4 Å². The molecule has 0 unspecified atom stereocenters. The van der Waals surface area contributed by atoms with Gasteiger partial charge in [0.15, 0.2) is 4.96 Å². The molecule has 0 atom stereocenters. The molecule has 1 aromatic carbocycles. The quantitative estimate of drug-likeness (QED) is 0.637. The van der Waals surface area contributed by atoms with Crippen LogP contribution >= 0.6 is 33.9 Å². The normalized spacial score (nSPS) is 10.9. The molecule has 2 aromatic heterocycles. The van der Waals surface area contributed by atoms with Crippen LogP contribution in [0.3, 0.4) is 0 Å². The number of halogens is 1. The average Bonchev–Trinajstić information content (AvgIpc) is 2.80. The largest absolute Gasteiger partial charge is 0.486 e. The van der Waals surface area contributed by atoms with Crippen molar-refractivity contribution in [2.24, 2.45) is 0 Å². The molecular weight excluding hydrogens is 387 g/mol. The molecule has 0 amide bonds. The highest BCUT2D eigenvalue weighted by molar-refractivity contribution is 14.1. The predicted octanol–water partition coefficient (Wildman–Crippen LogP) is 3.25. The number of aromatic nitrogens is 2. The summed E-state index contributed by atoms with van der Waals surface area (Å²) in [5, 5.41) is 1.93. The van der Waals surface area contributed by atoms with Gasteiger partial charge in [0.05, 0.1) is 9.26 Å². The van der Waals surface area contributed by atoms with Gasteiger partial charge in [-0.15, -0.1) is 11.3 Å². The Morgan fingerprint density at radius 1 is 1.40 bits per heavy atom. The van der Waals surface area contributed by atoms with Gasteiger partial charge in [0.25, 0.3) is 5.56 Å². The average molecular weight is 398 g/mol. The third kappa shape index (κ3) is 2.57. The van der Waals surface area contributed by atoms with Crippen molar-refractivity contribution in [2.45, 2.75) is 13.5 Å². The highest BCUT2D eigenvalue weighted by Crippen LogP contribution is 2.20. The number of hydrogen-bond donors (Lipinski definition) is 0. The Balaban J connectivity index is 1.89. The lowest BCUT2D eigenvalue weighted by molar-refractivity contribution is 0.299. The van der Waals surface area contributed by atoms with Crippen molar-refractivity contribution in [3.8, 4) is 5.75 Å². The van der Waals surface area contributed by atoms with Crippen LogP contribution in [0.25, 0.3) is 4.96 Å². The van der Waals surface area contributed by atoms with Crippen molar-refractivity contribution < 1.29 is 4.74 Å². The van der Waals surface area contributed by atoms with E-state index in [2.05, 4.69) is 27.6 Å². The number of rotatable bonds is 3. The Morgan fingerprint density at radius 3 is 3.00 bits per heavy atom. The zero-order valence-corrected chi connectivity index (χ0v) is 13.6. The number of hydrogen-bond acceptors (Lipinski definition) is 4. The topological polar surface area (TPSA) is 43.6 Å². The number of fused-ring (bicyclic) bond motifs is 1. The number of nitrogens with zero attached hydrogens (tertiary/aromatic N) is 2. The van der Waals surface area contributed by atoms with Gasteiger partial charge in [-0.2, -0.15) is 0 Å². The molecule has 0 N–H and O–H groups in total. The second kappa shape index (κ2) is 5.53. The molecule has 0 bridgehead atoms. The van der Waals surface area contributed by atoms with Crippen LogP contribution in [-0.4, -0.2) is 9.38 Å². The van der Waals surface area contributed by atoms with Crippen molar-refractivity contribution in [3.05, 3.63) is 61.0 Å². The molecule has 0 aliphatic rings. The number of benzene rings is 1. The third-order valence-corrected chi connectivity index (χ3v) is 4.68. The van der Waals surface area contributed by atoms with Crippen LogP contribution in [0.15, 0.2) is 40.5 Å². The van der Waals surface area contributed by atoms with E-state index in [1.807, 2.05) is 36.6 Å². The molecule has 0 saturated carbocycles. The summed E-state index contributed by atoms with van der Waals surface area (Å²) in [5.41, 5.74) is 1.50. The standard InChI is InChI=1S/C14H11IN2O2S/c1-9-8-20-14-16-10(6-13(18)17(9)14)7-19-12-5-3-2-4-11(12)15/h2-6,8H,7H2,1H3. The molecular formula is C14H11IN2O2S. The first-order chi connectivity index (χ1) is 9.65. The maximum Gasteiger partial charge on any atom is 0.259 e. The molecule has 3 aromatic rings. The summed E-state index contributed by atoms with van der Waals surface area (Å²) >= 11 is 3.68. The predicted molar refractivity (Wildman–Crippen MR) is 87.6 cm³/mol. The number of ether oxygens (including phenoxy) is 1. The highest BCUT2D eigenvalue weighted by Gasteiger charge is 2.07. The van der Waals surface area contributed by atoms with Gasteiger partial charge < -0.3 is 4.74 Å². The summed E-state index contributed by atoms with van der Waals surface area (Å²) < 4.78 is 8.37. The summed E-state index contributed by atoms with van der Waals surface area (Å²) in [7, 11) is 0. The Morgan fingerprint density at radius 2 is 2.20 bits per heavy atom. The minimum Gasteiger partial charge on any atom is -0.486 e. The molecule has 0 saturated heterocycles. The first-order valence-electron chi connectivity index (χ1n) is 5.99. The smallest absolute Gasteiger partial charge is 0.259 e. The highest BCUT2D eigenvalue weighted by atomic mass is 127. The molecule has 0 radical (unpaired) electrons. The lowest BCUT2D eigenvalue weighted by Gasteiger charge is -2.07. The fourth-order valence-electron chi connectivity index (χ4n) is 1.89. The van der Waals surface area contributed by atoms with E-state index in [9.17, 15) is 4.79 Å². The van der Waals surface area contributed by atoms with Gasteiger partial charge >= 0.3 is 0 Å². The Bertz CT molecular complexity index is 825. The van der Waals surface area contributed by atoms with E-state index < -0.39 is 0 Å². The molecule has 0 fully saturated rings. The van der Waals surface area contributed by atoms with Crippen LogP contribution in [0.5, 0.6) is 5.75 Å². The SMILES string of the molecule is Cc1csc2nc(COc3ccccc3I)cc(=O)n12. The molecule has 4 nitrogen and oxygen atoms in total. The number of thiazole rings is 1. The van der Waals surface area contributed by atoms with Gasteiger partial charge in [0.1, 0.15) is 12.4 Å². The van der Waals surface area contributed by atoms with E-state index in [-0.39, 0.29) is 5.56 Å².